The molecule has 6 nitrogen and oxygen atoms in total. The lowest BCUT2D eigenvalue weighted by Gasteiger charge is -2.18. The van der Waals surface area contributed by atoms with Crippen LogP contribution < -0.4 is 0 Å². The molecule has 74 heavy (non-hydrogen) atoms. The van der Waals surface area contributed by atoms with Gasteiger partial charge in [0.15, 0.2) is 6.10 Å². The van der Waals surface area contributed by atoms with Gasteiger partial charge in [-0.2, -0.15) is 0 Å². The third kappa shape index (κ3) is 59.5. The molecular weight excluding hydrogens is 913 g/mol. The van der Waals surface area contributed by atoms with Crippen molar-refractivity contribution in [3.05, 3.63) is 85.1 Å². The van der Waals surface area contributed by atoms with Gasteiger partial charge >= 0.3 is 17.9 Å². The number of allylic oxidation sites excluding steroid dienone is 14. The van der Waals surface area contributed by atoms with Crippen molar-refractivity contribution in [3.8, 4) is 0 Å². The van der Waals surface area contributed by atoms with E-state index in [-0.39, 0.29) is 31.1 Å². The molecule has 0 saturated carbocycles. The Hall–Kier alpha value is -3.41. The van der Waals surface area contributed by atoms with Crippen molar-refractivity contribution in [2.24, 2.45) is 0 Å². The highest BCUT2D eigenvalue weighted by Gasteiger charge is 2.19. The second-order valence-corrected chi connectivity index (χ2v) is 20.9. The summed E-state index contributed by atoms with van der Waals surface area (Å²) in [5.74, 6) is -0.898. The van der Waals surface area contributed by atoms with Gasteiger partial charge < -0.3 is 14.2 Å². The third-order valence-electron chi connectivity index (χ3n) is 13.6. The molecule has 0 spiro atoms. The number of esters is 3. The normalized spacial score (nSPS) is 12.6. The molecule has 0 rings (SSSR count). The smallest absolute Gasteiger partial charge is 0.306 e. The molecule has 0 aliphatic heterocycles. The van der Waals surface area contributed by atoms with Gasteiger partial charge in [0.1, 0.15) is 13.2 Å². The first-order valence-electron chi connectivity index (χ1n) is 31.6. The number of unbranched alkanes of at least 4 members (excludes halogenated alkanes) is 32. The van der Waals surface area contributed by atoms with Crippen LogP contribution in [0.25, 0.3) is 0 Å². The zero-order valence-electron chi connectivity index (χ0n) is 48.8. The van der Waals surface area contributed by atoms with Crippen LogP contribution in [-0.2, 0) is 28.6 Å². The topological polar surface area (TPSA) is 78.9 Å². The van der Waals surface area contributed by atoms with Crippen molar-refractivity contribution in [2.75, 3.05) is 13.2 Å². The SMILES string of the molecule is CC/C=C\C/C=C\C/C=C\C/C=C\C/C=C\C/C=C\CCCCCCC(=O)OCC(COC(=O)CCCCCCCCCCCCCCCC)OC(=O)CCCCCCCCCCC/C=C\CCCCCCCC. The first kappa shape index (κ1) is 70.6. The summed E-state index contributed by atoms with van der Waals surface area (Å²) in [5, 5.41) is 0. The van der Waals surface area contributed by atoms with E-state index in [4.69, 9.17) is 14.2 Å². The molecule has 1 unspecified atom stereocenters. The molecule has 0 radical (unpaired) electrons. The number of carbonyl (C=O) groups is 3. The quantitative estimate of drug-likeness (QED) is 0.0261. The molecule has 0 aromatic heterocycles. The number of carbonyl (C=O) groups excluding carboxylic acids is 3. The number of ether oxygens (including phenoxy) is 3. The van der Waals surface area contributed by atoms with Gasteiger partial charge in [-0.05, 0) is 96.3 Å². The van der Waals surface area contributed by atoms with Crippen LogP contribution in [0, 0.1) is 0 Å². The predicted molar refractivity (Wildman–Crippen MR) is 321 cm³/mol. The van der Waals surface area contributed by atoms with Gasteiger partial charge in [-0.25, -0.2) is 0 Å². The lowest BCUT2D eigenvalue weighted by Crippen LogP contribution is -2.30. The van der Waals surface area contributed by atoms with Crippen molar-refractivity contribution in [1.29, 1.82) is 0 Å². The van der Waals surface area contributed by atoms with E-state index in [1.54, 1.807) is 0 Å². The maximum Gasteiger partial charge on any atom is 0.306 e. The van der Waals surface area contributed by atoms with Crippen LogP contribution in [0.5, 0.6) is 0 Å². The fourth-order valence-corrected chi connectivity index (χ4v) is 8.91. The number of hydrogen-bond acceptors (Lipinski definition) is 6. The zero-order valence-corrected chi connectivity index (χ0v) is 48.8. The van der Waals surface area contributed by atoms with Gasteiger partial charge in [0.25, 0.3) is 0 Å². The number of hydrogen-bond donors (Lipinski definition) is 0. The third-order valence-corrected chi connectivity index (χ3v) is 13.6. The fraction of sp³-hybridized carbons (Fsp3) is 0.750. The van der Waals surface area contributed by atoms with E-state index in [0.717, 1.165) is 109 Å². The van der Waals surface area contributed by atoms with E-state index in [9.17, 15) is 14.4 Å². The average molecular weight is 1030 g/mol. The Labute approximate surface area is 458 Å². The lowest BCUT2D eigenvalue weighted by atomic mass is 10.0. The largest absolute Gasteiger partial charge is 0.462 e. The van der Waals surface area contributed by atoms with Crippen LogP contribution in [0.4, 0.5) is 0 Å². The molecule has 0 aromatic rings. The van der Waals surface area contributed by atoms with Crippen LogP contribution in [0.1, 0.15) is 310 Å². The molecule has 0 aliphatic rings. The highest BCUT2D eigenvalue weighted by atomic mass is 16.6. The Morgan fingerprint density at radius 2 is 0.527 bits per heavy atom. The Morgan fingerprint density at radius 1 is 0.284 bits per heavy atom. The second-order valence-electron chi connectivity index (χ2n) is 20.9. The summed E-state index contributed by atoms with van der Waals surface area (Å²) in [6.45, 7) is 6.53. The molecule has 0 heterocycles. The Kier molecular flexibility index (Phi) is 59.3. The fourth-order valence-electron chi connectivity index (χ4n) is 8.91. The van der Waals surface area contributed by atoms with Crippen LogP contribution >= 0.6 is 0 Å². The molecule has 6 heteroatoms. The summed E-state index contributed by atoms with van der Waals surface area (Å²) in [5.41, 5.74) is 0. The molecule has 0 amide bonds. The van der Waals surface area contributed by atoms with E-state index in [0.29, 0.717) is 19.3 Å². The minimum atomic E-state index is -0.788. The molecule has 0 saturated heterocycles. The summed E-state index contributed by atoms with van der Waals surface area (Å²) >= 11 is 0. The summed E-state index contributed by atoms with van der Waals surface area (Å²) in [4.78, 5) is 38.3. The van der Waals surface area contributed by atoms with E-state index in [1.165, 1.54) is 161 Å². The first-order chi connectivity index (χ1) is 36.5. The van der Waals surface area contributed by atoms with Crippen molar-refractivity contribution in [3.63, 3.8) is 0 Å². The van der Waals surface area contributed by atoms with Crippen LogP contribution in [0.2, 0.25) is 0 Å². The summed E-state index contributed by atoms with van der Waals surface area (Å²) in [6.07, 6.45) is 81.5. The van der Waals surface area contributed by atoms with Gasteiger partial charge in [0.2, 0.25) is 0 Å². The van der Waals surface area contributed by atoms with Crippen molar-refractivity contribution in [2.45, 2.75) is 316 Å². The van der Waals surface area contributed by atoms with Crippen LogP contribution in [0.15, 0.2) is 85.1 Å². The van der Waals surface area contributed by atoms with Crippen molar-refractivity contribution >= 4 is 17.9 Å². The highest BCUT2D eigenvalue weighted by Crippen LogP contribution is 2.16. The molecule has 0 aliphatic carbocycles. The predicted octanol–water partition coefficient (Wildman–Crippen LogP) is 21.5. The molecule has 0 aromatic carbocycles. The second kappa shape index (κ2) is 62.1. The van der Waals surface area contributed by atoms with Gasteiger partial charge in [-0.15, -0.1) is 0 Å². The molecule has 0 bridgehead atoms. The van der Waals surface area contributed by atoms with E-state index in [2.05, 4.69) is 106 Å². The van der Waals surface area contributed by atoms with Gasteiger partial charge in [-0.3, -0.25) is 14.4 Å². The first-order valence-corrected chi connectivity index (χ1v) is 31.6. The maximum atomic E-state index is 12.9. The van der Waals surface area contributed by atoms with Gasteiger partial charge in [-0.1, -0.05) is 279 Å². The maximum absolute atomic E-state index is 12.9. The minimum absolute atomic E-state index is 0.0828. The van der Waals surface area contributed by atoms with E-state index < -0.39 is 6.10 Å². The molecule has 426 valence electrons. The Bertz CT molecular complexity index is 1420. The van der Waals surface area contributed by atoms with Crippen molar-refractivity contribution < 1.29 is 28.6 Å². The average Bonchev–Trinajstić information content (AvgIpc) is 3.40. The molecule has 0 fully saturated rings. The lowest BCUT2D eigenvalue weighted by molar-refractivity contribution is -0.167. The molecule has 1 atom stereocenters. The molecular formula is C68H118O6. The van der Waals surface area contributed by atoms with Crippen LogP contribution in [0.3, 0.4) is 0 Å². The standard InChI is InChI=1S/C68H118O6/c1-4-7-10-13-16-19-22-25-28-30-32-33-34-35-37-38-40-43-46-49-52-55-58-61-67(70)73-64-65(63-72-66(69)60-57-54-51-48-45-42-27-24-21-18-15-12-9-6-3)74-68(71)62-59-56-53-50-47-44-41-39-36-31-29-26-23-20-17-14-11-8-5-2/h7,10,16,19,25-26,28-29,32-33,35,37,40,43,65H,4-6,8-9,11-15,17-18,20-24,27,30-31,34,36,38-39,41-42,44-64H2,1-3H3/b10-7-,19-16-,28-25-,29-26-,33-32-,37-35-,43-40-. The van der Waals surface area contributed by atoms with Crippen LogP contribution in [-0.4, -0.2) is 37.2 Å². The summed E-state index contributed by atoms with van der Waals surface area (Å²) in [7, 11) is 0. The Balaban J connectivity index is 4.40. The zero-order chi connectivity index (χ0) is 53.6. The molecule has 0 N–H and O–H groups in total. The van der Waals surface area contributed by atoms with Crippen molar-refractivity contribution in [1.82, 2.24) is 0 Å². The highest BCUT2D eigenvalue weighted by molar-refractivity contribution is 5.71. The van der Waals surface area contributed by atoms with Gasteiger partial charge in [0, 0.05) is 19.3 Å². The van der Waals surface area contributed by atoms with Gasteiger partial charge in [0.05, 0.1) is 0 Å². The summed E-state index contributed by atoms with van der Waals surface area (Å²) < 4.78 is 16.9. The Morgan fingerprint density at radius 3 is 0.838 bits per heavy atom. The van der Waals surface area contributed by atoms with E-state index in [1.807, 2.05) is 0 Å². The summed E-state index contributed by atoms with van der Waals surface area (Å²) in [6, 6.07) is 0. The van der Waals surface area contributed by atoms with E-state index >= 15 is 0 Å². The minimum Gasteiger partial charge on any atom is -0.462 e. The number of rotatable bonds is 57. The monoisotopic (exact) mass is 1030 g/mol.